The molecular formula is C25H20BrN7O. The molecule has 0 bridgehead atoms. The molecule has 34 heavy (non-hydrogen) atoms. The second-order valence-corrected chi connectivity index (χ2v) is 8.42. The van der Waals surface area contributed by atoms with Crippen LogP contribution in [0.3, 0.4) is 0 Å². The number of nitrogens with one attached hydrogen (secondary N) is 3. The van der Waals surface area contributed by atoms with Gasteiger partial charge >= 0.3 is 6.03 Å². The third-order valence-electron chi connectivity index (χ3n) is 5.10. The number of rotatable bonds is 6. The highest BCUT2D eigenvalue weighted by molar-refractivity contribution is 9.10. The minimum atomic E-state index is -0.322. The average Bonchev–Trinajstić information content (AvgIpc) is 3.34. The van der Waals surface area contributed by atoms with Crippen molar-refractivity contribution in [3.8, 4) is 11.3 Å². The monoisotopic (exact) mass is 513 g/mol. The number of hydrogen-bond acceptors (Lipinski definition) is 5. The molecule has 2 amide bonds. The molecule has 2 aromatic carbocycles. The zero-order valence-electron chi connectivity index (χ0n) is 17.9. The summed E-state index contributed by atoms with van der Waals surface area (Å²) < 4.78 is 2.88. The van der Waals surface area contributed by atoms with E-state index in [1.807, 2.05) is 77.5 Å². The third kappa shape index (κ3) is 5.05. The Bertz CT molecular complexity index is 1440. The Labute approximate surface area is 204 Å². The number of carbonyl (C=O) groups excluding carboxylic acids is 1. The van der Waals surface area contributed by atoms with Gasteiger partial charge in [-0.05, 0) is 54.1 Å². The highest BCUT2D eigenvalue weighted by Crippen LogP contribution is 2.25. The second kappa shape index (κ2) is 9.72. The predicted molar refractivity (Wildman–Crippen MR) is 137 cm³/mol. The first kappa shape index (κ1) is 21.6. The molecule has 9 heteroatoms. The van der Waals surface area contributed by atoms with Gasteiger partial charge in [0.05, 0.1) is 5.69 Å². The Hall–Kier alpha value is -4.24. The maximum Gasteiger partial charge on any atom is 0.323 e. The van der Waals surface area contributed by atoms with Gasteiger partial charge in [0.2, 0.25) is 0 Å². The topological polar surface area (TPSA) is 96.2 Å². The van der Waals surface area contributed by atoms with Gasteiger partial charge in [-0.25, -0.2) is 14.8 Å². The Morgan fingerprint density at radius 1 is 0.941 bits per heavy atom. The second-order valence-electron chi connectivity index (χ2n) is 7.51. The lowest BCUT2D eigenvalue weighted by atomic mass is 10.1. The third-order valence-corrected chi connectivity index (χ3v) is 5.63. The number of fused-ring (bicyclic) bond motifs is 1. The predicted octanol–water partition coefficient (Wildman–Crippen LogP) is 5.81. The number of hydrogen-bond donors (Lipinski definition) is 3. The summed E-state index contributed by atoms with van der Waals surface area (Å²) in [5.74, 6) is 0.672. The molecule has 3 N–H and O–H groups in total. The molecule has 0 saturated heterocycles. The van der Waals surface area contributed by atoms with Gasteiger partial charge < -0.3 is 20.4 Å². The van der Waals surface area contributed by atoms with Gasteiger partial charge in [-0.2, -0.15) is 0 Å². The van der Waals surface area contributed by atoms with E-state index in [-0.39, 0.29) is 6.03 Å². The van der Waals surface area contributed by atoms with Gasteiger partial charge in [0.25, 0.3) is 0 Å². The fourth-order valence-electron chi connectivity index (χ4n) is 3.46. The minimum Gasteiger partial charge on any atom is -0.363 e. The first-order valence-corrected chi connectivity index (χ1v) is 11.3. The van der Waals surface area contributed by atoms with E-state index in [0.717, 1.165) is 26.9 Å². The number of anilines is 3. The van der Waals surface area contributed by atoms with Crippen LogP contribution in [0.2, 0.25) is 0 Å². The fourth-order valence-corrected chi connectivity index (χ4v) is 3.72. The van der Waals surface area contributed by atoms with Gasteiger partial charge in [-0.1, -0.05) is 28.1 Å². The van der Waals surface area contributed by atoms with Crippen LogP contribution < -0.4 is 16.0 Å². The fraction of sp³-hybridized carbons (Fsp3) is 0.0400. The number of halogens is 1. The van der Waals surface area contributed by atoms with Crippen molar-refractivity contribution in [3.05, 3.63) is 102 Å². The highest BCUT2D eigenvalue weighted by Gasteiger charge is 2.11. The SMILES string of the molecule is O=C(Nc1ccc(Br)cc1)Nc1cccc(-c2cn3ccnc3c(NCc3ccncc3)n2)c1. The Morgan fingerprint density at radius 3 is 2.56 bits per heavy atom. The van der Waals surface area contributed by atoms with E-state index in [1.165, 1.54) is 0 Å². The molecule has 3 heterocycles. The summed E-state index contributed by atoms with van der Waals surface area (Å²) in [6.45, 7) is 0.597. The highest BCUT2D eigenvalue weighted by atomic mass is 79.9. The van der Waals surface area contributed by atoms with E-state index in [4.69, 9.17) is 4.98 Å². The minimum absolute atomic E-state index is 0.322. The quantitative estimate of drug-likeness (QED) is 0.266. The smallest absolute Gasteiger partial charge is 0.323 e. The van der Waals surface area contributed by atoms with Crippen molar-refractivity contribution in [3.63, 3.8) is 0 Å². The molecule has 0 spiro atoms. The molecule has 0 atom stereocenters. The van der Waals surface area contributed by atoms with Crippen molar-refractivity contribution in [1.29, 1.82) is 0 Å². The average molecular weight is 514 g/mol. The lowest BCUT2D eigenvalue weighted by Crippen LogP contribution is -2.19. The number of pyridine rings is 1. The summed E-state index contributed by atoms with van der Waals surface area (Å²) in [6, 6.07) is 18.5. The van der Waals surface area contributed by atoms with Crippen LogP contribution in [0, 0.1) is 0 Å². The molecule has 0 radical (unpaired) electrons. The molecule has 168 valence electrons. The summed E-state index contributed by atoms with van der Waals surface area (Å²) in [6.07, 6.45) is 9.06. The van der Waals surface area contributed by atoms with Crippen LogP contribution >= 0.6 is 15.9 Å². The van der Waals surface area contributed by atoms with E-state index < -0.39 is 0 Å². The number of carbonyl (C=O) groups is 1. The van der Waals surface area contributed by atoms with E-state index >= 15 is 0 Å². The van der Waals surface area contributed by atoms with Crippen molar-refractivity contribution in [2.24, 2.45) is 0 Å². The molecule has 0 fully saturated rings. The summed E-state index contributed by atoms with van der Waals surface area (Å²) in [4.78, 5) is 25.7. The van der Waals surface area contributed by atoms with Crippen LogP contribution in [0.1, 0.15) is 5.56 Å². The number of imidazole rings is 1. The molecule has 5 aromatic rings. The lowest BCUT2D eigenvalue weighted by Gasteiger charge is -2.12. The Morgan fingerprint density at radius 2 is 1.74 bits per heavy atom. The molecule has 0 saturated carbocycles. The molecule has 3 aromatic heterocycles. The number of benzene rings is 2. The Balaban J connectivity index is 1.36. The van der Waals surface area contributed by atoms with Crippen LogP contribution in [0.15, 0.2) is 96.1 Å². The van der Waals surface area contributed by atoms with Crippen LogP contribution in [0.25, 0.3) is 16.9 Å². The lowest BCUT2D eigenvalue weighted by molar-refractivity contribution is 0.262. The maximum atomic E-state index is 12.5. The van der Waals surface area contributed by atoms with Crippen LogP contribution in [0.4, 0.5) is 22.0 Å². The van der Waals surface area contributed by atoms with E-state index in [0.29, 0.717) is 23.7 Å². The molecule has 0 aliphatic heterocycles. The number of amides is 2. The number of aromatic nitrogens is 4. The first-order chi connectivity index (χ1) is 16.6. The molecular weight excluding hydrogens is 494 g/mol. The molecule has 8 nitrogen and oxygen atoms in total. The maximum absolute atomic E-state index is 12.5. The standard InChI is InChI=1S/C25H20BrN7O/c26-19-4-6-20(7-5-19)30-25(34)31-21-3-1-2-18(14-21)22-16-33-13-12-28-24(33)23(32-22)29-15-17-8-10-27-11-9-17/h1-14,16H,15H2,(H,29,32)(H2,30,31,34). The van der Waals surface area contributed by atoms with E-state index in [9.17, 15) is 4.79 Å². The first-order valence-electron chi connectivity index (χ1n) is 10.5. The molecule has 0 unspecified atom stereocenters. The van der Waals surface area contributed by atoms with Gasteiger partial charge in [0.15, 0.2) is 11.5 Å². The summed E-state index contributed by atoms with van der Waals surface area (Å²) in [5.41, 5.74) is 4.81. The van der Waals surface area contributed by atoms with Crippen molar-refractivity contribution in [2.75, 3.05) is 16.0 Å². The zero-order valence-corrected chi connectivity index (χ0v) is 19.5. The van der Waals surface area contributed by atoms with Gasteiger partial charge in [-0.3, -0.25) is 4.98 Å². The van der Waals surface area contributed by atoms with Gasteiger partial charge in [0.1, 0.15) is 0 Å². The van der Waals surface area contributed by atoms with Gasteiger partial charge in [-0.15, -0.1) is 0 Å². The van der Waals surface area contributed by atoms with Crippen LogP contribution in [0.5, 0.6) is 0 Å². The summed E-state index contributed by atoms with van der Waals surface area (Å²) in [7, 11) is 0. The van der Waals surface area contributed by atoms with E-state index in [2.05, 4.69) is 41.8 Å². The summed E-state index contributed by atoms with van der Waals surface area (Å²) >= 11 is 3.39. The normalized spacial score (nSPS) is 10.7. The van der Waals surface area contributed by atoms with Crippen molar-refractivity contribution in [1.82, 2.24) is 19.4 Å². The van der Waals surface area contributed by atoms with Crippen LogP contribution in [-0.4, -0.2) is 25.4 Å². The Kier molecular flexibility index (Phi) is 6.17. The number of urea groups is 1. The van der Waals surface area contributed by atoms with Crippen molar-refractivity contribution in [2.45, 2.75) is 6.54 Å². The van der Waals surface area contributed by atoms with E-state index in [1.54, 1.807) is 18.6 Å². The van der Waals surface area contributed by atoms with Crippen molar-refractivity contribution < 1.29 is 4.79 Å². The van der Waals surface area contributed by atoms with Crippen molar-refractivity contribution >= 4 is 44.8 Å². The molecule has 0 aliphatic rings. The molecule has 0 aliphatic carbocycles. The van der Waals surface area contributed by atoms with Gasteiger partial charge in [0, 0.05) is 58.9 Å². The largest absolute Gasteiger partial charge is 0.363 e. The molecule has 5 rings (SSSR count). The zero-order chi connectivity index (χ0) is 23.3. The van der Waals surface area contributed by atoms with Crippen LogP contribution in [-0.2, 0) is 6.54 Å². The number of nitrogens with zero attached hydrogens (tertiary/aromatic N) is 4. The summed E-state index contributed by atoms with van der Waals surface area (Å²) in [5, 5.41) is 9.08.